The van der Waals surface area contributed by atoms with Gasteiger partial charge >= 0.3 is 0 Å². The highest BCUT2D eigenvalue weighted by atomic mass is 79.9. The van der Waals surface area contributed by atoms with Crippen LogP contribution in [0.15, 0.2) is 76.6 Å². The van der Waals surface area contributed by atoms with Crippen LogP contribution in [0, 0.1) is 0 Å². The topological polar surface area (TPSA) is 34.1 Å². The summed E-state index contributed by atoms with van der Waals surface area (Å²) in [6.07, 6.45) is 1.63. The molecule has 23 heavy (non-hydrogen) atoms. The Morgan fingerprint density at radius 3 is 2.35 bits per heavy atom. The second-order valence-electron chi connectivity index (χ2n) is 5.30. The van der Waals surface area contributed by atoms with Gasteiger partial charge in [0.2, 0.25) is 0 Å². The molecule has 3 aromatic rings. The van der Waals surface area contributed by atoms with Gasteiger partial charge in [-0.25, -0.2) is 8.42 Å². The fourth-order valence-corrected chi connectivity index (χ4v) is 3.85. The first-order valence-corrected chi connectivity index (χ1v) is 9.67. The van der Waals surface area contributed by atoms with Crippen molar-refractivity contribution in [1.82, 2.24) is 0 Å². The lowest BCUT2D eigenvalue weighted by Gasteiger charge is -2.05. The summed E-state index contributed by atoms with van der Waals surface area (Å²) in [5.74, 6) is 0.00137. The van der Waals surface area contributed by atoms with Crippen molar-refractivity contribution < 1.29 is 8.42 Å². The molecular weight excluding hydrogens is 372 g/mol. The standard InChI is InChI=1S/C19H15BrO2S/c20-18-10-8-15(9-11-18)12-13-23(21,22)14-17-6-3-5-16-4-1-2-7-19(16)17/h1-13H,14H2. The van der Waals surface area contributed by atoms with Gasteiger partial charge in [-0.2, -0.15) is 0 Å². The van der Waals surface area contributed by atoms with Crippen LogP contribution in [-0.2, 0) is 15.6 Å². The molecule has 0 saturated carbocycles. The van der Waals surface area contributed by atoms with Gasteiger partial charge in [0.15, 0.2) is 9.84 Å². The van der Waals surface area contributed by atoms with Crippen LogP contribution in [0.25, 0.3) is 16.8 Å². The van der Waals surface area contributed by atoms with Crippen molar-refractivity contribution >= 4 is 42.6 Å². The molecule has 0 spiro atoms. The van der Waals surface area contributed by atoms with Gasteiger partial charge in [-0.15, -0.1) is 0 Å². The zero-order valence-corrected chi connectivity index (χ0v) is 14.7. The molecule has 0 aromatic heterocycles. The molecule has 0 saturated heterocycles. The Kier molecular flexibility index (Phi) is 4.64. The predicted molar refractivity (Wildman–Crippen MR) is 99.7 cm³/mol. The Labute approximate surface area is 144 Å². The van der Waals surface area contributed by atoms with Gasteiger partial charge in [0.05, 0.1) is 5.75 Å². The molecule has 0 fully saturated rings. The number of benzene rings is 3. The van der Waals surface area contributed by atoms with Gasteiger partial charge in [-0.1, -0.05) is 70.5 Å². The van der Waals surface area contributed by atoms with E-state index in [1.807, 2.05) is 66.7 Å². The maximum atomic E-state index is 12.4. The van der Waals surface area contributed by atoms with Crippen LogP contribution in [0.4, 0.5) is 0 Å². The third-order valence-corrected chi connectivity index (χ3v) is 5.37. The van der Waals surface area contributed by atoms with E-state index in [9.17, 15) is 8.42 Å². The molecule has 0 unspecified atom stereocenters. The summed E-state index contributed by atoms with van der Waals surface area (Å²) >= 11 is 3.36. The Morgan fingerprint density at radius 1 is 0.870 bits per heavy atom. The van der Waals surface area contributed by atoms with E-state index in [1.54, 1.807) is 6.08 Å². The lowest BCUT2D eigenvalue weighted by atomic mass is 10.1. The first kappa shape index (κ1) is 16.0. The van der Waals surface area contributed by atoms with E-state index < -0.39 is 9.84 Å². The van der Waals surface area contributed by atoms with Crippen LogP contribution in [-0.4, -0.2) is 8.42 Å². The van der Waals surface area contributed by atoms with Crippen molar-refractivity contribution in [2.45, 2.75) is 5.75 Å². The number of fused-ring (bicyclic) bond motifs is 1. The second-order valence-corrected chi connectivity index (χ2v) is 8.10. The molecule has 3 aromatic carbocycles. The molecule has 2 nitrogen and oxygen atoms in total. The molecule has 3 rings (SSSR count). The monoisotopic (exact) mass is 386 g/mol. The molecule has 0 heterocycles. The SMILES string of the molecule is O=S(=O)(C=Cc1ccc(Br)cc1)Cc1cccc2ccccc12. The zero-order valence-electron chi connectivity index (χ0n) is 12.3. The first-order chi connectivity index (χ1) is 11.0. The summed E-state index contributed by atoms with van der Waals surface area (Å²) in [4.78, 5) is 0. The van der Waals surface area contributed by atoms with Gasteiger partial charge in [-0.05, 0) is 40.1 Å². The minimum Gasteiger partial charge on any atom is -0.224 e. The third kappa shape index (κ3) is 4.09. The van der Waals surface area contributed by atoms with Gasteiger partial charge in [0, 0.05) is 9.88 Å². The van der Waals surface area contributed by atoms with Crippen LogP contribution in [0.2, 0.25) is 0 Å². The maximum Gasteiger partial charge on any atom is 0.175 e. The van der Waals surface area contributed by atoms with Gasteiger partial charge < -0.3 is 0 Å². The van der Waals surface area contributed by atoms with Crippen molar-refractivity contribution in [3.8, 4) is 0 Å². The van der Waals surface area contributed by atoms with Crippen LogP contribution in [0.3, 0.4) is 0 Å². The van der Waals surface area contributed by atoms with E-state index in [-0.39, 0.29) is 5.75 Å². The molecule has 0 N–H and O–H groups in total. The lowest BCUT2D eigenvalue weighted by Crippen LogP contribution is -2.00. The summed E-state index contributed by atoms with van der Waals surface area (Å²) in [6.45, 7) is 0. The molecule has 0 bridgehead atoms. The van der Waals surface area contributed by atoms with Gasteiger partial charge in [0.1, 0.15) is 0 Å². The van der Waals surface area contributed by atoms with E-state index >= 15 is 0 Å². The number of hydrogen-bond acceptors (Lipinski definition) is 2. The van der Waals surface area contributed by atoms with Gasteiger partial charge in [-0.3, -0.25) is 0 Å². The smallest absolute Gasteiger partial charge is 0.175 e. The molecule has 0 aliphatic rings. The summed E-state index contributed by atoms with van der Waals surface area (Å²) < 4.78 is 25.7. The molecule has 4 heteroatoms. The van der Waals surface area contributed by atoms with Crippen molar-refractivity contribution in [2.24, 2.45) is 0 Å². The summed E-state index contributed by atoms with van der Waals surface area (Å²) in [6, 6.07) is 21.1. The molecule has 116 valence electrons. The normalized spacial score (nSPS) is 12.0. The van der Waals surface area contributed by atoms with Gasteiger partial charge in [0.25, 0.3) is 0 Å². The second kappa shape index (κ2) is 6.69. The minimum absolute atomic E-state index is 0.00137. The first-order valence-electron chi connectivity index (χ1n) is 7.16. The Hall–Kier alpha value is -1.91. The molecule has 0 atom stereocenters. The summed E-state index contributed by atoms with van der Waals surface area (Å²) in [5.41, 5.74) is 1.68. The quantitative estimate of drug-likeness (QED) is 0.618. The summed E-state index contributed by atoms with van der Waals surface area (Å²) in [5, 5.41) is 3.32. The highest BCUT2D eigenvalue weighted by molar-refractivity contribution is 9.10. The number of hydrogen-bond donors (Lipinski definition) is 0. The molecule has 0 radical (unpaired) electrons. The van der Waals surface area contributed by atoms with Crippen LogP contribution in [0.5, 0.6) is 0 Å². The van der Waals surface area contributed by atoms with E-state index in [0.717, 1.165) is 26.4 Å². The lowest BCUT2D eigenvalue weighted by molar-refractivity contribution is 0.604. The van der Waals surface area contributed by atoms with Crippen LogP contribution >= 0.6 is 15.9 Å². The fourth-order valence-electron chi connectivity index (χ4n) is 2.44. The summed E-state index contributed by atoms with van der Waals surface area (Å²) in [7, 11) is -3.33. The third-order valence-electron chi connectivity index (χ3n) is 3.57. The largest absolute Gasteiger partial charge is 0.224 e. The number of sulfone groups is 1. The average molecular weight is 387 g/mol. The van der Waals surface area contributed by atoms with Crippen molar-refractivity contribution in [1.29, 1.82) is 0 Å². The highest BCUT2D eigenvalue weighted by Gasteiger charge is 2.10. The number of halogens is 1. The van der Waals surface area contributed by atoms with E-state index in [0.29, 0.717) is 0 Å². The Balaban J connectivity index is 1.87. The minimum atomic E-state index is -3.33. The van der Waals surface area contributed by atoms with Crippen molar-refractivity contribution in [2.75, 3.05) is 0 Å². The molecular formula is C19H15BrO2S. The molecule has 0 aliphatic heterocycles. The van der Waals surface area contributed by atoms with E-state index in [4.69, 9.17) is 0 Å². The Bertz CT molecular complexity index is 953. The fraction of sp³-hybridized carbons (Fsp3) is 0.0526. The zero-order chi connectivity index (χ0) is 16.3. The maximum absolute atomic E-state index is 12.4. The average Bonchev–Trinajstić information content (AvgIpc) is 2.54. The highest BCUT2D eigenvalue weighted by Crippen LogP contribution is 2.21. The number of rotatable bonds is 4. The van der Waals surface area contributed by atoms with E-state index in [1.165, 1.54) is 5.41 Å². The molecule has 0 amide bonds. The van der Waals surface area contributed by atoms with Crippen LogP contribution in [0.1, 0.15) is 11.1 Å². The van der Waals surface area contributed by atoms with Crippen molar-refractivity contribution in [3.05, 3.63) is 87.7 Å². The van der Waals surface area contributed by atoms with E-state index in [2.05, 4.69) is 15.9 Å². The van der Waals surface area contributed by atoms with Crippen molar-refractivity contribution in [3.63, 3.8) is 0 Å². The molecule has 0 aliphatic carbocycles. The Morgan fingerprint density at radius 2 is 1.57 bits per heavy atom. The predicted octanol–water partition coefficient (Wildman–Crippen LogP) is 5.19. The van der Waals surface area contributed by atoms with Crippen LogP contribution < -0.4 is 0 Å².